The van der Waals surface area contributed by atoms with Crippen molar-refractivity contribution >= 4 is 72.9 Å². The molecule has 2 atom stereocenters. The molecule has 0 aliphatic rings. The van der Waals surface area contributed by atoms with E-state index >= 15 is 0 Å². The summed E-state index contributed by atoms with van der Waals surface area (Å²) in [5.41, 5.74) is 0. The topological polar surface area (TPSA) is 260 Å². The zero-order valence-corrected chi connectivity index (χ0v) is 50.9. The van der Waals surface area contributed by atoms with Gasteiger partial charge in [-0.15, -0.1) is 10.3 Å². The Labute approximate surface area is 448 Å². The maximum absolute atomic E-state index is 11.4. The Hall–Kier alpha value is 1.29. The van der Waals surface area contributed by atoms with Gasteiger partial charge in [0.2, 0.25) is 20.1 Å². The zero-order valence-electron chi connectivity index (χ0n) is 39.0. The van der Waals surface area contributed by atoms with Gasteiger partial charge in [0.25, 0.3) is 0 Å². The number of hydrogen-bond donors (Lipinski definition) is 4. The van der Waals surface area contributed by atoms with E-state index in [2.05, 4.69) is 138 Å². The molecule has 63 heavy (non-hydrogen) atoms. The van der Waals surface area contributed by atoms with Crippen LogP contribution in [0.4, 0.5) is 7.77 Å². The van der Waals surface area contributed by atoms with Crippen molar-refractivity contribution in [1.82, 2.24) is 23.7 Å². The third-order valence-corrected chi connectivity index (χ3v) is 10.7. The average molecular weight is 1190 g/mol. The van der Waals surface area contributed by atoms with Gasteiger partial charge in [0, 0.05) is 46.9 Å². The Morgan fingerprint density at radius 1 is 0.698 bits per heavy atom. The van der Waals surface area contributed by atoms with Gasteiger partial charge in [-0.3, -0.25) is 0 Å². The number of aliphatic hydroxyl groups excluding tert-OH is 3. The van der Waals surface area contributed by atoms with Gasteiger partial charge in [-0.25, -0.2) is 25.3 Å². The van der Waals surface area contributed by atoms with Crippen LogP contribution in [0.3, 0.4) is 0 Å². The smallest absolute Gasteiger partial charge is 1.00 e. The van der Waals surface area contributed by atoms with Gasteiger partial charge in [0.1, 0.15) is 13.1 Å². The minimum atomic E-state index is -5.27. The maximum atomic E-state index is 11.4. The number of hydrogen-bond acceptors (Lipinski definition) is 16. The van der Waals surface area contributed by atoms with Gasteiger partial charge in [-0.05, 0) is 83.6 Å². The van der Waals surface area contributed by atoms with Gasteiger partial charge in [-0.2, -0.15) is 13.7 Å². The Balaban J connectivity index is -0.0000000555. The minimum Gasteiger partial charge on any atom is -1.00 e. The minimum absolute atomic E-state index is 0. The molecule has 20 nitrogen and oxygen atoms in total. The fourth-order valence-corrected chi connectivity index (χ4v) is 6.50. The van der Waals surface area contributed by atoms with Crippen molar-refractivity contribution in [2.24, 2.45) is 0 Å². The first-order valence-electron chi connectivity index (χ1n) is 17.0. The van der Waals surface area contributed by atoms with Gasteiger partial charge < -0.3 is 65.0 Å². The van der Waals surface area contributed by atoms with Gasteiger partial charge in [0.05, 0.1) is 76.8 Å². The predicted molar refractivity (Wildman–Crippen MR) is 257 cm³/mol. The fraction of sp³-hybridized carbons (Fsp3) is 0.844. The summed E-state index contributed by atoms with van der Waals surface area (Å²) >= 11 is 3.00. The first-order chi connectivity index (χ1) is 26.7. The number of halogens is 4. The van der Waals surface area contributed by atoms with E-state index in [-0.39, 0.29) is 95.6 Å². The standard InChI is InChI=1S/2C8H21N2O.C6H16N2.C5H4.C2H5BrO.C2H3N.CH4.BrH.FH3NO4PS2.FH2NO4PS2.K/c2*1-9(2)5-6-10(3,4)7-8-11;1-7(2)5-6-8(3)4;1-3-5-4-2;3-1-2-4;1-2-3;;;2*1-8(3,4)2-9(5,6)7;/h2*11H,5-8H2,1-4H3;5-6H2,1-4H3;1H,2H3;4H,1-2H2;1H3;1H4;1H;2H,7H2;7H2;/q2*+1;;;;;;;;-1;+1/p-1. The number of nitriles is 1. The first-order valence-corrected chi connectivity index (χ1v) is 26.7. The number of likely N-dealkylation sites (N-methyl/N-ethyl adjacent to an activating group) is 6. The number of terminal acetylenes is 1. The second kappa shape index (κ2) is 54.2. The number of alkyl halides is 1. The summed E-state index contributed by atoms with van der Waals surface area (Å²) in [5, 5.41) is 33.3. The quantitative estimate of drug-likeness (QED) is 0.0249. The average Bonchev–Trinajstić information content (AvgIpc) is 3.01. The summed E-state index contributed by atoms with van der Waals surface area (Å²) in [5.74, 6) is 7.08. The molecule has 0 saturated heterocycles. The Kier molecular flexibility index (Phi) is 78.1. The monoisotopic (exact) mass is 1190 g/mol. The zero-order chi connectivity index (χ0) is 50.0. The molecule has 0 aliphatic heterocycles. The fourth-order valence-electron chi connectivity index (χ4n) is 2.44. The van der Waals surface area contributed by atoms with E-state index in [1.54, 1.807) is 17.1 Å². The van der Waals surface area contributed by atoms with Crippen molar-refractivity contribution in [3.63, 3.8) is 0 Å². The number of rotatable bonds is 18. The van der Waals surface area contributed by atoms with E-state index in [0.717, 1.165) is 78.2 Å². The molecule has 4 N–H and O–H groups in total. The van der Waals surface area contributed by atoms with Crippen molar-refractivity contribution in [2.75, 3.05) is 162 Å². The van der Waals surface area contributed by atoms with Crippen molar-refractivity contribution < 1.29 is 134 Å². The van der Waals surface area contributed by atoms with Crippen LogP contribution in [0.25, 0.3) is 4.13 Å². The van der Waals surface area contributed by atoms with Crippen LogP contribution in [0.5, 0.6) is 0 Å². The largest absolute Gasteiger partial charge is 1.00 e. The summed E-state index contributed by atoms with van der Waals surface area (Å²) in [6.45, 7) is 12.2. The molecule has 0 aromatic heterocycles. The molecule has 0 spiro atoms. The summed E-state index contributed by atoms with van der Waals surface area (Å²) in [6, 6.07) is 1.75. The second-order valence-corrected chi connectivity index (χ2v) is 23.2. The molecule has 0 aliphatic carbocycles. The normalized spacial score (nSPS) is 10.5. The van der Waals surface area contributed by atoms with E-state index in [4.69, 9.17) is 27.0 Å². The van der Waals surface area contributed by atoms with Crippen LogP contribution in [0, 0.1) is 35.5 Å². The molecule has 2 unspecified atom stereocenters. The van der Waals surface area contributed by atoms with Gasteiger partial charge >= 0.3 is 61.8 Å². The van der Waals surface area contributed by atoms with Crippen molar-refractivity contribution in [3.05, 3.63) is 4.13 Å². The van der Waals surface area contributed by atoms with Crippen LogP contribution in [0.15, 0.2) is 0 Å². The molecule has 0 radical (unpaired) electrons. The molecular formula is C32H79Br2F2KN9O11P2S4+. The van der Waals surface area contributed by atoms with E-state index in [1.165, 1.54) is 6.92 Å². The molecular weight excluding hydrogens is 1110 g/mol. The molecule has 0 saturated carbocycles. The van der Waals surface area contributed by atoms with E-state index < -0.39 is 40.1 Å². The van der Waals surface area contributed by atoms with Gasteiger partial charge in [-0.1, -0.05) is 37.3 Å². The number of nitrogens with zero attached hydrogens (tertiary/aromatic N) is 8. The first kappa shape index (κ1) is 90.7. The van der Waals surface area contributed by atoms with Crippen LogP contribution in [-0.4, -0.2) is 240 Å². The van der Waals surface area contributed by atoms with Crippen molar-refractivity contribution in [3.8, 4) is 30.3 Å². The summed E-state index contributed by atoms with van der Waals surface area (Å²) < 4.78 is 104. The van der Waals surface area contributed by atoms with Crippen LogP contribution in [0.1, 0.15) is 21.3 Å². The molecule has 31 heteroatoms. The van der Waals surface area contributed by atoms with E-state index in [0.29, 0.717) is 9.46 Å². The van der Waals surface area contributed by atoms with Crippen LogP contribution < -0.4 is 72.5 Å². The van der Waals surface area contributed by atoms with Crippen LogP contribution in [0.2, 0.25) is 0 Å². The summed E-state index contributed by atoms with van der Waals surface area (Å²) in [4.78, 5) is 8.69. The molecule has 0 bridgehead atoms. The molecule has 0 heterocycles. The Morgan fingerprint density at radius 3 is 1.05 bits per heavy atom. The third-order valence-electron chi connectivity index (χ3n) is 5.40. The molecule has 0 rings (SSSR count). The van der Waals surface area contributed by atoms with Crippen LogP contribution >= 0.6 is 32.8 Å². The number of quaternary nitrogens is 2. The van der Waals surface area contributed by atoms with Crippen molar-refractivity contribution in [2.45, 2.75) is 21.3 Å². The Bertz CT molecular complexity index is 1470. The molecule has 0 aromatic carbocycles. The third kappa shape index (κ3) is 139. The summed E-state index contributed by atoms with van der Waals surface area (Å²) in [7, 11) is 8.67. The number of aliphatic hydroxyl groups is 3. The van der Waals surface area contributed by atoms with Crippen molar-refractivity contribution in [1.29, 1.82) is 5.26 Å². The molecule has 0 amide bonds. The van der Waals surface area contributed by atoms with E-state index in [1.807, 2.05) is 0 Å². The SMILES string of the molecule is C.C#CC#CC.CC#N.CN(C)CCN(C)C.CN(C)CC[N+](C)(C)CCO.CN(C)CC[N+](C)(C)CCO.O=S(=O)(F)NS(=O)(=O)P.O=S(=O)(F)[N-]S(=O)(=O)P.OCCBr.[Br-].[K+]. The second-order valence-electron chi connectivity index (χ2n) is 13.6. The predicted octanol–water partition coefficient (Wildman–Crippen LogP) is -5.86. The molecule has 380 valence electrons. The Morgan fingerprint density at radius 2 is 0.968 bits per heavy atom. The summed E-state index contributed by atoms with van der Waals surface area (Å²) in [6.07, 6.45) is 4.72. The van der Waals surface area contributed by atoms with E-state index in [9.17, 15) is 41.4 Å². The maximum Gasteiger partial charge on any atom is 1.00 e. The molecule has 0 aromatic rings. The van der Waals surface area contributed by atoms with Crippen LogP contribution in [-0.2, 0) is 40.1 Å². The number of nitrogens with one attached hydrogen (secondary N) is 1. The van der Waals surface area contributed by atoms with Gasteiger partial charge in [0.15, 0.2) is 0 Å². The molecule has 0 fully saturated rings.